The van der Waals surface area contributed by atoms with E-state index in [2.05, 4.69) is 15.6 Å². The summed E-state index contributed by atoms with van der Waals surface area (Å²) in [5.74, 6) is -0.390. The number of ether oxygens (including phenoxy) is 1. The lowest BCUT2D eigenvalue weighted by Gasteiger charge is -2.24. The van der Waals surface area contributed by atoms with Gasteiger partial charge in [-0.3, -0.25) is 14.4 Å². The van der Waals surface area contributed by atoms with Gasteiger partial charge in [-0.2, -0.15) is 0 Å². The molecule has 0 aliphatic heterocycles. The van der Waals surface area contributed by atoms with Crippen molar-refractivity contribution in [3.63, 3.8) is 0 Å². The average molecular weight is 606 g/mol. The van der Waals surface area contributed by atoms with Gasteiger partial charge in [-0.15, -0.1) is 0 Å². The summed E-state index contributed by atoms with van der Waals surface area (Å²) in [5.41, 5.74) is 3.84. The normalized spacial score (nSPS) is 11.0. The molecule has 0 bridgehead atoms. The first-order valence-corrected chi connectivity index (χ1v) is 14.0. The molecule has 0 saturated heterocycles. The number of anilines is 1. The average Bonchev–Trinajstić information content (AvgIpc) is 3.00. The van der Waals surface area contributed by atoms with Crippen LogP contribution in [0.5, 0.6) is 5.75 Å². The summed E-state index contributed by atoms with van der Waals surface area (Å²) < 4.78 is 6.10. The maximum absolute atomic E-state index is 13.1. The molecule has 4 aromatic rings. The van der Waals surface area contributed by atoms with Gasteiger partial charge in [0.15, 0.2) is 0 Å². The number of pyridine rings is 1. The lowest BCUT2D eigenvalue weighted by molar-refractivity contribution is -0.122. The maximum atomic E-state index is 13.1. The van der Waals surface area contributed by atoms with Gasteiger partial charge in [0.05, 0.1) is 17.3 Å². The summed E-state index contributed by atoms with van der Waals surface area (Å²) >= 11 is 13.3. The number of carbonyl (C=O) groups is 3. The summed E-state index contributed by atoms with van der Waals surface area (Å²) in [5, 5.41) is 6.79. The van der Waals surface area contributed by atoms with Crippen LogP contribution in [0.2, 0.25) is 10.0 Å². The van der Waals surface area contributed by atoms with Crippen LogP contribution in [0.25, 0.3) is 17.0 Å². The van der Waals surface area contributed by atoms with E-state index in [0.29, 0.717) is 34.1 Å². The minimum absolute atomic E-state index is 0.0671. The molecule has 4 rings (SSSR count). The van der Waals surface area contributed by atoms with E-state index in [1.54, 1.807) is 49.5 Å². The molecule has 3 amide bonds. The summed E-state index contributed by atoms with van der Waals surface area (Å²) in [6.45, 7) is 3.87. The number of benzene rings is 3. The van der Waals surface area contributed by atoms with Gasteiger partial charge in [-0.05, 0) is 61.9 Å². The van der Waals surface area contributed by atoms with Gasteiger partial charge in [-0.25, -0.2) is 4.98 Å². The minimum atomic E-state index is -0.440. The van der Waals surface area contributed by atoms with Crippen molar-refractivity contribution in [2.24, 2.45) is 0 Å². The van der Waals surface area contributed by atoms with E-state index < -0.39 is 5.91 Å². The van der Waals surface area contributed by atoms with E-state index in [1.165, 1.54) is 11.0 Å². The van der Waals surface area contributed by atoms with Crippen LogP contribution >= 0.6 is 23.2 Å². The predicted octanol–water partition coefficient (Wildman–Crippen LogP) is 5.97. The van der Waals surface area contributed by atoms with E-state index in [9.17, 15) is 14.4 Å². The molecule has 0 atom stereocenters. The highest BCUT2D eigenvalue weighted by Crippen LogP contribution is 2.35. The third-order valence-electron chi connectivity index (χ3n) is 6.51. The van der Waals surface area contributed by atoms with Crippen molar-refractivity contribution in [2.45, 2.75) is 20.5 Å². The number of rotatable bonds is 10. The molecule has 42 heavy (non-hydrogen) atoms. The molecule has 1 heterocycles. The van der Waals surface area contributed by atoms with E-state index in [1.807, 2.05) is 44.2 Å². The Hall–Kier alpha value is -4.40. The fourth-order valence-electron chi connectivity index (χ4n) is 4.27. The first-order chi connectivity index (χ1) is 20.2. The van der Waals surface area contributed by atoms with E-state index in [4.69, 9.17) is 27.9 Å². The van der Waals surface area contributed by atoms with Crippen LogP contribution in [-0.2, 0) is 16.2 Å². The smallest absolute Gasteiger partial charge is 0.251 e. The SMILES string of the molecule is CCN(C(=O)CNC(=O)C=Cc1ccc(C(=O)NC)cc1)c1ccc(Cl)c(COc2cccc3ccc(C)nc23)c1Cl. The number of nitrogens with zero attached hydrogens (tertiary/aromatic N) is 2. The van der Waals surface area contributed by atoms with Crippen LogP contribution in [0.3, 0.4) is 0 Å². The molecule has 2 N–H and O–H groups in total. The van der Waals surface area contributed by atoms with Crippen molar-refractivity contribution >= 4 is 63.6 Å². The highest BCUT2D eigenvalue weighted by atomic mass is 35.5. The Labute approximate surface area is 254 Å². The van der Waals surface area contributed by atoms with Gasteiger partial charge in [0.25, 0.3) is 5.91 Å². The fourth-order valence-corrected chi connectivity index (χ4v) is 4.85. The van der Waals surface area contributed by atoms with Crippen LogP contribution in [-0.4, -0.2) is 42.8 Å². The Bertz CT molecular complexity index is 1650. The summed E-state index contributed by atoms with van der Waals surface area (Å²) in [7, 11) is 1.56. The lowest BCUT2D eigenvalue weighted by Crippen LogP contribution is -2.40. The highest BCUT2D eigenvalue weighted by molar-refractivity contribution is 6.38. The van der Waals surface area contributed by atoms with Gasteiger partial charge in [0.1, 0.15) is 17.9 Å². The second-order valence-corrected chi connectivity index (χ2v) is 10.1. The Morgan fingerprint density at radius 1 is 1.00 bits per heavy atom. The van der Waals surface area contributed by atoms with E-state index in [-0.39, 0.29) is 30.0 Å². The van der Waals surface area contributed by atoms with Crippen molar-refractivity contribution < 1.29 is 19.1 Å². The number of fused-ring (bicyclic) bond motifs is 1. The van der Waals surface area contributed by atoms with Crippen LogP contribution < -0.4 is 20.3 Å². The first-order valence-electron chi connectivity index (χ1n) is 13.3. The number of aromatic nitrogens is 1. The van der Waals surface area contributed by atoms with E-state index >= 15 is 0 Å². The van der Waals surface area contributed by atoms with Crippen molar-refractivity contribution in [2.75, 3.05) is 25.0 Å². The molecule has 0 radical (unpaired) electrons. The quantitative estimate of drug-likeness (QED) is 0.217. The number of aryl methyl sites for hydroxylation is 1. The number of amides is 3. The standard InChI is InChI=1S/C32H30Cl2N4O4/c1-4-38(29(40)18-36-28(39)17-11-21-9-13-23(14-10-21)32(41)35-3)26-16-15-25(33)24(30(26)34)19-42-27-7-5-6-22-12-8-20(2)37-31(22)27/h5-17H,4,18-19H2,1-3H3,(H,35,41)(H,36,39). The number of likely N-dealkylation sites (N-methyl/N-ethyl adjacent to an activating group) is 1. The monoisotopic (exact) mass is 604 g/mol. The van der Waals surface area contributed by atoms with Crippen molar-refractivity contribution in [3.05, 3.63) is 105 Å². The van der Waals surface area contributed by atoms with Gasteiger partial charge < -0.3 is 20.3 Å². The number of hydrogen-bond donors (Lipinski definition) is 2. The Morgan fingerprint density at radius 2 is 1.76 bits per heavy atom. The van der Waals surface area contributed by atoms with E-state index in [0.717, 1.165) is 22.2 Å². The zero-order valence-corrected chi connectivity index (χ0v) is 24.9. The number of hydrogen-bond acceptors (Lipinski definition) is 5. The third-order valence-corrected chi connectivity index (χ3v) is 7.28. The van der Waals surface area contributed by atoms with Gasteiger partial charge in [0, 0.05) is 46.9 Å². The molecule has 216 valence electrons. The topological polar surface area (TPSA) is 101 Å². The second-order valence-electron chi connectivity index (χ2n) is 9.32. The molecule has 1 aromatic heterocycles. The zero-order valence-electron chi connectivity index (χ0n) is 23.4. The molecule has 8 nitrogen and oxygen atoms in total. The van der Waals surface area contributed by atoms with Crippen molar-refractivity contribution in [1.29, 1.82) is 0 Å². The van der Waals surface area contributed by atoms with Crippen LogP contribution in [0.1, 0.15) is 34.1 Å². The van der Waals surface area contributed by atoms with Crippen molar-refractivity contribution in [1.82, 2.24) is 15.6 Å². The fraction of sp³-hybridized carbons (Fsp3) is 0.188. The predicted molar refractivity (Wildman–Crippen MR) is 167 cm³/mol. The van der Waals surface area contributed by atoms with Crippen LogP contribution in [0.15, 0.2) is 72.8 Å². The molecule has 0 aliphatic rings. The van der Waals surface area contributed by atoms with Crippen LogP contribution in [0, 0.1) is 6.92 Å². The molecule has 0 unspecified atom stereocenters. The van der Waals surface area contributed by atoms with Gasteiger partial charge in [0.2, 0.25) is 11.8 Å². The summed E-state index contributed by atoms with van der Waals surface area (Å²) in [4.78, 5) is 43.2. The molecule has 0 spiro atoms. The number of carbonyl (C=O) groups excluding carboxylic acids is 3. The molecule has 10 heteroatoms. The number of para-hydroxylation sites is 1. The Morgan fingerprint density at radius 3 is 2.48 bits per heavy atom. The molecular formula is C32H30Cl2N4O4. The highest BCUT2D eigenvalue weighted by Gasteiger charge is 2.21. The zero-order chi connectivity index (χ0) is 30.2. The molecular weight excluding hydrogens is 575 g/mol. The third kappa shape index (κ3) is 7.26. The number of nitrogens with one attached hydrogen (secondary N) is 2. The molecule has 0 saturated carbocycles. The molecule has 0 aliphatic carbocycles. The Kier molecular flexibility index (Phi) is 10.2. The Balaban J connectivity index is 1.42. The van der Waals surface area contributed by atoms with Gasteiger partial charge in [-0.1, -0.05) is 53.5 Å². The van der Waals surface area contributed by atoms with Crippen LogP contribution in [0.4, 0.5) is 5.69 Å². The van der Waals surface area contributed by atoms with Gasteiger partial charge >= 0.3 is 0 Å². The van der Waals surface area contributed by atoms with Crippen molar-refractivity contribution in [3.8, 4) is 5.75 Å². The first kappa shape index (κ1) is 30.6. The summed E-state index contributed by atoms with van der Waals surface area (Å²) in [6.07, 6.45) is 2.92. The molecule has 0 fully saturated rings. The second kappa shape index (κ2) is 14.0. The lowest BCUT2D eigenvalue weighted by atomic mass is 10.1. The summed E-state index contributed by atoms with van der Waals surface area (Å²) in [6, 6.07) is 19.7. The molecule has 3 aromatic carbocycles. The largest absolute Gasteiger partial charge is 0.487 e. The minimum Gasteiger partial charge on any atom is -0.487 e. The maximum Gasteiger partial charge on any atom is 0.251 e. The number of halogens is 2.